The van der Waals surface area contributed by atoms with Gasteiger partial charge in [0.25, 0.3) is 0 Å². The first kappa shape index (κ1) is 14.7. The molecule has 1 aromatic heterocycles. The second-order valence-electron chi connectivity index (χ2n) is 5.52. The second kappa shape index (κ2) is 6.17. The monoisotopic (exact) mass is 279 g/mol. The number of rotatable bonds is 4. The zero-order valence-corrected chi connectivity index (χ0v) is 12.2. The van der Waals surface area contributed by atoms with E-state index in [4.69, 9.17) is 4.74 Å². The summed E-state index contributed by atoms with van der Waals surface area (Å²) in [7, 11) is 2.07. The first-order valence-corrected chi connectivity index (χ1v) is 6.92. The first-order valence-electron chi connectivity index (χ1n) is 6.92. The number of carbonyl (C=O) groups is 1. The molecule has 2 rings (SSSR count). The molecule has 1 N–H and O–H groups in total. The van der Waals surface area contributed by atoms with Crippen molar-refractivity contribution in [1.82, 2.24) is 14.9 Å². The minimum Gasteiger partial charge on any atom is -0.486 e. The van der Waals surface area contributed by atoms with Gasteiger partial charge in [-0.15, -0.1) is 0 Å². The van der Waals surface area contributed by atoms with Crippen molar-refractivity contribution >= 4 is 5.97 Å². The van der Waals surface area contributed by atoms with Crippen molar-refractivity contribution in [3.63, 3.8) is 0 Å². The fourth-order valence-electron chi connectivity index (χ4n) is 2.18. The van der Waals surface area contributed by atoms with E-state index in [1.54, 1.807) is 0 Å². The number of aromatic nitrogens is 2. The number of piperidine rings is 1. The molecule has 110 valence electrons. The number of hydrogen-bond donors (Lipinski definition) is 1. The minimum absolute atomic E-state index is 0.0392. The van der Waals surface area contributed by atoms with Crippen LogP contribution >= 0.6 is 0 Å². The molecular weight excluding hydrogens is 258 g/mol. The molecule has 1 aliphatic heterocycles. The molecule has 20 heavy (non-hydrogen) atoms. The summed E-state index contributed by atoms with van der Waals surface area (Å²) in [6.45, 7) is 5.77. The van der Waals surface area contributed by atoms with Gasteiger partial charge in [0.2, 0.25) is 0 Å². The molecule has 0 bridgehead atoms. The van der Waals surface area contributed by atoms with Crippen molar-refractivity contribution in [3.8, 4) is 5.75 Å². The van der Waals surface area contributed by atoms with E-state index in [1.807, 2.05) is 13.8 Å². The van der Waals surface area contributed by atoms with Gasteiger partial charge in [0, 0.05) is 19.0 Å². The third kappa shape index (κ3) is 3.45. The van der Waals surface area contributed by atoms with Gasteiger partial charge in [-0.25, -0.2) is 14.8 Å². The number of carboxylic acid groups (broad SMARTS) is 1. The van der Waals surface area contributed by atoms with Crippen molar-refractivity contribution < 1.29 is 14.6 Å². The van der Waals surface area contributed by atoms with Crippen molar-refractivity contribution in [2.75, 3.05) is 20.1 Å². The van der Waals surface area contributed by atoms with E-state index >= 15 is 0 Å². The maximum atomic E-state index is 11.3. The van der Waals surface area contributed by atoms with Crippen LogP contribution in [0.15, 0.2) is 6.20 Å². The highest BCUT2D eigenvalue weighted by atomic mass is 16.5. The highest BCUT2D eigenvalue weighted by molar-refractivity contribution is 5.88. The molecule has 0 atom stereocenters. The van der Waals surface area contributed by atoms with Crippen molar-refractivity contribution in [2.24, 2.45) is 0 Å². The lowest BCUT2D eigenvalue weighted by molar-refractivity contribution is 0.0671. The Bertz CT molecular complexity index is 483. The van der Waals surface area contributed by atoms with Gasteiger partial charge in [-0.1, -0.05) is 13.8 Å². The second-order valence-corrected chi connectivity index (χ2v) is 5.52. The van der Waals surface area contributed by atoms with Gasteiger partial charge in [-0.2, -0.15) is 0 Å². The van der Waals surface area contributed by atoms with E-state index < -0.39 is 5.97 Å². The maximum Gasteiger partial charge on any atom is 0.358 e. The Morgan fingerprint density at radius 1 is 1.45 bits per heavy atom. The molecule has 0 saturated carbocycles. The number of hydrogen-bond acceptors (Lipinski definition) is 5. The van der Waals surface area contributed by atoms with E-state index in [9.17, 15) is 9.90 Å². The first-order chi connectivity index (χ1) is 9.47. The van der Waals surface area contributed by atoms with Crippen molar-refractivity contribution in [3.05, 3.63) is 17.7 Å². The molecule has 0 radical (unpaired) electrons. The molecule has 1 fully saturated rings. The van der Waals surface area contributed by atoms with Crippen LogP contribution < -0.4 is 4.74 Å². The van der Waals surface area contributed by atoms with Crippen LogP contribution in [-0.4, -0.2) is 52.2 Å². The zero-order chi connectivity index (χ0) is 14.7. The van der Waals surface area contributed by atoms with E-state index in [-0.39, 0.29) is 23.5 Å². The molecule has 1 saturated heterocycles. The Kier molecular flexibility index (Phi) is 4.54. The number of carboxylic acids is 1. The van der Waals surface area contributed by atoms with Crippen LogP contribution in [0.25, 0.3) is 0 Å². The summed E-state index contributed by atoms with van der Waals surface area (Å²) in [4.78, 5) is 21.8. The Morgan fingerprint density at radius 3 is 2.65 bits per heavy atom. The summed E-state index contributed by atoms with van der Waals surface area (Å²) < 4.78 is 5.80. The fourth-order valence-corrected chi connectivity index (χ4v) is 2.18. The normalized spacial score (nSPS) is 17.4. The third-order valence-corrected chi connectivity index (χ3v) is 3.45. The van der Waals surface area contributed by atoms with E-state index in [2.05, 4.69) is 21.9 Å². The Labute approximate surface area is 118 Å². The summed E-state index contributed by atoms with van der Waals surface area (Å²) in [5.41, 5.74) is -0.0392. The van der Waals surface area contributed by atoms with E-state index in [0.29, 0.717) is 5.82 Å². The maximum absolute atomic E-state index is 11.3. The molecule has 0 aromatic carbocycles. The smallest absolute Gasteiger partial charge is 0.358 e. The van der Waals surface area contributed by atoms with Crippen LogP contribution in [0.2, 0.25) is 0 Å². The number of likely N-dealkylation sites (tertiary alicyclic amines) is 1. The quantitative estimate of drug-likeness (QED) is 0.905. The lowest BCUT2D eigenvalue weighted by atomic mass is 10.1. The lowest BCUT2D eigenvalue weighted by Gasteiger charge is -2.29. The van der Waals surface area contributed by atoms with Crippen LogP contribution in [0, 0.1) is 0 Å². The standard InChI is InChI=1S/C14H21N3O3/c1-9(2)13-15-8-11(12(16-13)14(18)19)20-10-4-6-17(3)7-5-10/h8-10H,4-7H2,1-3H3,(H,18,19). The Morgan fingerprint density at radius 2 is 2.10 bits per heavy atom. The summed E-state index contributed by atoms with van der Waals surface area (Å²) in [5.74, 6) is -0.183. The average molecular weight is 279 g/mol. The fraction of sp³-hybridized carbons (Fsp3) is 0.643. The molecule has 0 aliphatic carbocycles. The van der Waals surface area contributed by atoms with Crippen molar-refractivity contribution in [1.29, 1.82) is 0 Å². The van der Waals surface area contributed by atoms with Crippen LogP contribution in [0.1, 0.15) is 48.9 Å². The van der Waals surface area contributed by atoms with Gasteiger partial charge in [-0.05, 0) is 19.9 Å². The number of ether oxygens (including phenoxy) is 1. The predicted molar refractivity (Wildman–Crippen MR) is 74.2 cm³/mol. The SMILES string of the molecule is CC(C)c1ncc(OC2CCN(C)CC2)c(C(=O)O)n1. The summed E-state index contributed by atoms with van der Waals surface area (Å²) in [6.07, 6.45) is 3.31. The molecule has 0 unspecified atom stereocenters. The van der Waals surface area contributed by atoms with E-state index in [1.165, 1.54) is 6.20 Å². The summed E-state index contributed by atoms with van der Waals surface area (Å²) in [6, 6.07) is 0. The minimum atomic E-state index is -1.07. The van der Waals surface area contributed by atoms with Gasteiger partial charge >= 0.3 is 5.97 Å². The molecule has 2 heterocycles. The van der Waals surface area contributed by atoms with Crippen LogP contribution in [0.3, 0.4) is 0 Å². The molecule has 0 spiro atoms. The Balaban J connectivity index is 2.16. The molecule has 0 amide bonds. The number of aromatic carboxylic acids is 1. The van der Waals surface area contributed by atoms with Crippen LogP contribution in [0.5, 0.6) is 5.75 Å². The Hall–Kier alpha value is -1.69. The molecule has 1 aliphatic rings. The topological polar surface area (TPSA) is 75.5 Å². The van der Waals surface area contributed by atoms with Gasteiger partial charge < -0.3 is 14.7 Å². The summed E-state index contributed by atoms with van der Waals surface area (Å²) >= 11 is 0. The highest BCUT2D eigenvalue weighted by Crippen LogP contribution is 2.22. The molecule has 1 aromatic rings. The molecule has 6 heteroatoms. The predicted octanol–water partition coefficient (Wildman–Crippen LogP) is 1.77. The van der Waals surface area contributed by atoms with Gasteiger partial charge in [0.15, 0.2) is 11.4 Å². The largest absolute Gasteiger partial charge is 0.486 e. The zero-order valence-electron chi connectivity index (χ0n) is 12.2. The van der Waals surface area contributed by atoms with Gasteiger partial charge in [0.05, 0.1) is 6.20 Å². The van der Waals surface area contributed by atoms with Gasteiger partial charge in [-0.3, -0.25) is 0 Å². The van der Waals surface area contributed by atoms with Gasteiger partial charge in [0.1, 0.15) is 11.9 Å². The van der Waals surface area contributed by atoms with Crippen LogP contribution in [-0.2, 0) is 0 Å². The van der Waals surface area contributed by atoms with E-state index in [0.717, 1.165) is 25.9 Å². The summed E-state index contributed by atoms with van der Waals surface area (Å²) in [5, 5.41) is 9.26. The molecular formula is C14H21N3O3. The third-order valence-electron chi connectivity index (χ3n) is 3.45. The lowest BCUT2D eigenvalue weighted by Crippen LogP contribution is -2.36. The highest BCUT2D eigenvalue weighted by Gasteiger charge is 2.22. The van der Waals surface area contributed by atoms with Crippen molar-refractivity contribution in [2.45, 2.75) is 38.7 Å². The number of nitrogens with zero attached hydrogens (tertiary/aromatic N) is 3. The van der Waals surface area contributed by atoms with Crippen LogP contribution in [0.4, 0.5) is 0 Å². The molecule has 6 nitrogen and oxygen atoms in total. The average Bonchev–Trinajstić information content (AvgIpc) is 2.41.